The summed E-state index contributed by atoms with van der Waals surface area (Å²) in [5.74, 6) is 0. The van der Waals surface area contributed by atoms with Gasteiger partial charge in [-0.2, -0.15) is 8.42 Å². The molecular formula is C20H13ClFN5O5S2. The second-order valence-corrected chi connectivity index (χ2v) is 9.02. The molecule has 0 fully saturated rings. The van der Waals surface area contributed by atoms with E-state index in [-0.39, 0.29) is 32.1 Å². The lowest BCUT2D eigenvalue weighted by atomic mass is 10.2. The summed E-state index contributed by atoms with van der Waals surface area (Å²) in [5, 5.41) is 3.07. The van der Waals surface area contributed by atoms with Gasteiger partial charge in [0.15, 0.2) is 0 Å². The van der Waals surface area contributed by atoms with Gasteiger partial charge in [0.25, 0.3) is 5.56 Å². The molecule has 1 N–H and O–H groups in total. The number of hydrogen-bond donors (Lipinski definition) is 1. The smallest absolute Gasteiger partial charge is 0.368 e. The summed E-state index contributed by atoms with van der Waals surface area (Å²) in [4.78, 5) is 38.9. The Labute approximate surface area is 200 Å². The number of carbonyl (C=O) groups excluding carboxylic acids is 1. The summed E-state index contributed by atoms with van der Waals surface area (Å²) in [6.45, 7) is 0. The first kappa shape index (κ1) is 23.4. The number of thiophene rings is 1. The van der Waals surface area contributed by atoms with E-state index in [1.807, 2.05) is 0 Å². The molecule has 0 bridgehead atoms. The molecule has 0 saturated heterocycles. The first-order valence-corrected chi connectivity index (χ1v) is 11.6. The highest BCUT2D eigenvalue weighted by Gasteiger charge is 2.21. The van der Waals surface area contributed by atoms with Crippen LogP contribution in [0.25, 0.3) is 16.6 Å². The van der Waals surface area contributed by atoms with E-state index in [1.54, 1.807) is 13.1 Å². The van der Waals surface area contributed by atoms with Crippen molar-refractivity contribution in [1.29, 1.82) is 0 Å². The van der Waals surface area contributed by atoms with Crippen LogP contribution in [-0.2, 0) is 10.5 Å². The average molecular weight is 522 g/mol. The van der Waals surface area contributed by atoms with Crippen LogP contribution in [0.3, 0.4) is 0 Å². The van der Waals surface area contributed by atoms with Gasteiger partial charge in [-0.15, -0.1) is 16.1 Å². The van der Waals surface area contributed by atoms with Gasteiger partial charge in [-0.3, -0.25) is 9.69 Å². The number of benzene rings is 2. The van der Waals surface area contributed by atoms with Crippen LogP contribution in [0.1, 0.15) is 0 Å². The molecule has 0 unspecified atom stereocenters. The lowest BCUT2D eigenvalue weighted by Crippen LogP contribution is -2.36. The van der Waals surface area contributed by atoms with Crippen molar-refractivity contribution in [3.05, 3.63) is 79.8 Å². The van der Waals surface area contributed by atoms with Crippen molar-refractivity contribution >= 4 is 66.7 Å². The number of hydrogen-bond acceptors (Lipinski definition) is 7. The number of urea groups is 1. The van der Waals surface area contributed by atoms with E-state index in [9.17, 15) is 27.3 Å². The third-order valence-corrected chi connectivity index (χ3v) is 6.30. The normalized spacial score (nSPS) is 10.8. The Balaban J connectivity index is 1.85. The summed E-state index contributed by atoms with van der Waals surface area (Å²) in [7, 11) is -1.38. The number of nitrogens with one attached hydrogen (secondary N) is 1. The minimum atomic E-state index is -3.00. The maximum atomic E-state index is 14.8. The van der Waals surface area contributed by atoms with Crippen molar-refractivity contribution in [2.75, 3.05) is 17.3 Å². The molecule has 10 nitrogen and oxygen atoms in total. The largest absolute Gasteiger partial charge is 0.388 e. The molecule has 0 aliphatic rings. The first-order chi connectivity index (χ1) is 16.2. The zero-order chi connectivity index (χ0) is 24.6. The van der Waals surface area contributed by atoms with Crippen molar-refractivity contribution in [1.82, 2.24) is 9.36 Å². The Morgan fingerprint density at radius 3 is 2.41 bits per heavy atom. The third kappa shape index (κ3) is 4.23. The predicted octanol–water partition coefficient (Wildman–Crippen LogP) is 3.96. The van der Waals surface area contributed by atoms with E-state index < -0.39 is 27.8 Å². The molecule has 34 heavy (non-hydrogen) atoms. The van der Waals surface area contributed by atoms with Crippen molar-refractivity contribution in [2.45, 2.75) is 0 Å². The molecule has 0 radical (unpaired) electrons. The van der Waals surface area contributed by atoms with Gasteiger partial charge in [-0.1, -0.05) is 20.4 Å². The molecule has 4 aromatic rings. The van der Waals surface area contributed by atoms with Gasteiger partial charge in [0.2, 0.25) is 0 Å². The quantitative estimate of drug-likeness (QED) is 0.433. The Kier molecular flexibility index (Phi) is 6.32. The lowest BCUT2D eigenvalue weighted by Gasteiger charge is -2.18. The van der Waals surface area contributed by atoms with Gasteiger partial charge in [-0.05, 0) is 54.6 Å². The van der Waals surface area contributed by atoms with Gasteiger partial charge in [0, 0.05) is 12.7 Å². The minimum Gasteiger partial charge on any atom is -0.388 e. The maximum absolute atomic E-state index is 14.8. The molecule has 0 saturated carbocycles. The van der Waals surface area contributed by atoms with Crippen LogP contribution >= 0.6 is 22.9 Å². The molecule has 2 aromatic heterocycles. The average Bonchev–Trinajstić information content (AvgIpc) is 3.23. The monoisotopic (exact) mass is 521 g/mol. The minimum absolute atomic E-state index is 0.0214. The fourth-order valence-electron chi connectivity index (χ4n) is 3.27. The van der Waals surface area contributed by atoms with E-state index in [4.69, 9.17) is 11.6 Å². The third-order valence-electron chi connectivity index (χ3n) is 4.78. The van der Waals surface area contributed by atoms with Crippen molar-refractivity contribution in [3.8, 4) is 5.69 Å². The molecular weight excluding hydrogens is 509 g/mol. The molecule has 0 aliphatic carbocycles. The van der Waals surface area contributed by atoms with Crippen molar-refractivity contribution in [3.63, 3.8) is 0 Å². The van der Waals surface area contributed by atoms with E-state index in [0.29, 0.717) is 14.6 Å². The van der Waals surface area contributed by atoms with Crippen LogP contribution < -0.4 is 21.5 Å². The number of halogens is 2. The zero-order valence-electron chi connectivity index (χ0n) is 17.1. The van der Waals surface area contributed by atoms with Crippen LogP contribution in [-0.4, -0.2) is 30.9 Å². The van der Waals surface area contributed by atoms with Crippen LogP contribution in [0, 0.1) is 0 Å². The molecule has 0 spiro atoms. The van der Waals surface area contributed by atoms with Crippen LogP contribution in [0.15, 0.2) is 68.5 Å². The molecule has 0 aliphatic heterocycles. The number of anilines is 3. The van der Waals surface area contributed by atoms with E-state index in [1.165, 1.54) is 48.5 Å². The summed E-state index contributed by atoms with van der Waals surface area (Å²) in [5.41, 5.74) is -1.41. The Hall–Kier alpha value is -3.81. The standard InChI is InChI=1S/C20H13ClFN5O5S2/c1-23-11-2-7-14-15(10-11)27(22)20(30)26(18(14)28)13-5-3-12(4-6-13)25(19(29)24-34(31)32)17-9-8-16(21)33-17/h2-10,23H,1H3. The topological polar surface area (TPSA) is 123 Å². The van der Waals surface area contributed by atoms with E-state index >= 15 is 0 Å². The number of carbonyl (C=O) groups is 1. The van der Waals surface area contributed by atoms with Crippen LogP contribution in [0.5, 0.6) is 0 Å². The summed E-state index contributed by atoms with van der Waals surface area (Å²) >= 11 is 6.94. The SMILES string of the molecule is CNc1ccc2c(=O)n(-c3ccc(N(C(=O)N=S(=O)=O)c4ccc(Cl)s4)cc3)c(=O)n(F)c2c1. The van der Waals surface area contributed by atoms with Crippen molar-refractivity contribution < 1.29 is 17.7 Å². The first-order valence-electron chi connectivity index (χ1n) is 9.38. The van der Waals surface area contributed by atoms with E-state index in [0.717, 1.165) is 16.2 Å². The van der Waals surface area contributed by atoms with E-state index in [2.05, 4.69) is 9.68 Å². The number of fused-ring (bicyclic) bond motifs is 1. The zero-order valence-corrected chi connectivity index (χ0v) is 19.5. The summed E-state index contributed by atoms with van der Waals surface area (Å²) in [6, 6.07) is 11.6. The number of nitrogens with zero attached hydrogens (tertiary/aromatic N) is 4. The van der Waals surface area contributed by atoms with Gasteiger partial charge in [0.05, 0.1) is 26.6 Å². The number of amides is 2. The second kappa shape index (κ2) is 9.21. The van der Waals surface area contributed by atoms with Gasteiger partial charge in [0.1, 0.15) is 5.00 Å². The number of aromatic nitrogens is 2. The fourth-order valence-corrected chi connectivity index (χ4v) is 4.52. The van der Waals surface area contributed by atoms with Gasteiger partial charge in [-0.25, -0.2) is 14.2 Å². The second-order valence-electron chi connectivity index (χ2n) is 6.71. The highest BCUT2D eigenvalue weighted by Crippen LogP contribution is 2.35. The lowest BCUT2D eigenvalue weighted by molar-refractivity contribution is 0.256. The summed E-state index contributed by atoms with van der Waals surface area (Å²) in [6.07, 6.45) is 0. The summed E-state index contributed by atoms with van der Waals surface area (Å²) < 4.78 is 40.6. The molecule has 14 heteroatoms. The van der Waals surface area contributed by atoms with Crippen molar-refractivity contribution in [2.24, 2.45) is 4.36 Å². The number of rotatable bonds is 4. The highest BCUT2D eigenvalue weighted by molar-refractivity contribution is 7.62. The molecule has 2 heterocycles. The Bertz CT molecular complexity index is 1690. The van der Waals surface area contributed by atoms with Crippen LogP contribution in [0.2, 0.25) is 4.34 Å². The predicted molar refractivity (Wildman–Crippen MR) is 128 cm³/mol. The molecule has 4 rings (SSSR count). The van der Waals surface area contributed by atoms with Crippen LogP contribution in [0.4, 0.5) is 25.7 Å². The maximum Gasteiger partial charge on any atom is 0.368 e. The molecule has 174 valence electrons. The Morgan fingerprint density at radius 1 is 1.12 bits per heavy atom. The Morgan fingerprint density at radius 2 is 1.82 bits per heavy atom. The molecule has 2 aromatic carbocycles. The molecule has 0 atom stereocenters. The van der Waals surface area contributed by atoms with Gasteiger partial charge < -0.3 is 5.32 Å². The fraction of sp³-hybridized carbons (Fsp3) is 0.0500. The highest BCUT2D eigenvalue weighted by atomic mass is 35.5. The van der Waals surface area contributed by atoms with Gasteiger partial charge >= 0.3 is 22.2 Å². The molecule has 2 amide bonds.